The summed E-state index contributed by atoms with van der Waals surface area (Å²) in [5.74, 6) is 0.0437. The van der Waals surface area contributed by atoms with Crippen molar-refractivity contribution in [3.63, 3.8) is 0 Å². The van der Waals surface area contributed by atoms with Crippen LogP contribution in [-0.2, 0) is 4.79 Å². The minimum absolute atomic E-state index is 0.00329. The molecule has 0 aliphatic carbocycles. The number of nitrogens with one attached hydrogen (secondary N) is 2. The molecule has 0 saturated heterocycles. The molecule has 1 aromatic rings. The Morgan fingerprint density at radius 2 is 2.23 bits per heavy atom. The highest BCUT2D eigenvalue weighted by atomic mass is 35.5. The van der Waals surface area contributed by atoms with Crippen molar-refractivity contribution in [3.8, 4) is 0 Å². The van der Waals surface area contributed by atoms with Crippen molar-refractivity contribution in [1.29, 1.82) is 0 Å². The van der Waals surface area contributed by atoms with Crippen LogP contribution in [0, 0.1) is 6.92 Å². The van der Waals surface area contributed by atoms with Gasteiger partial charge in [0.05, 0.1) is 0 Å². The molecule has 5 nitrogen and oxygen atoms in total. The van der Waals surface area contributed by atoms with Crippen LogP contribution < -0.4 is 10.9 Å². The smallest absolute Gasteiger partial charge is 0.276 e. The van der Waals surface area contributed by atoms with E-state index in [-0.39, 0.29) is 16.7 Å². The van der Waals surface area contributed by atoms with Crippen molar-refractivity contribution < 1.29 is 4.79 Å². The number of nitrogens with zero attached hydrogens (tertiary/aromatic N) is 1. The summed E-state index contributed by atoms with van der Waals surface area (Å²) < 4.78 is 0. The van der Waals surface area contributed by atoms with Crippen LogP contribution >= 0.6 is 11.6 Å². The number of hydrogen-bond acceptors (Lipinski definition) is 3. The van der Waals surface area contributed by atoms with E-state index in [2.05, 4.69) is 15.3 Å². The van der Waals surface area contributed by atoms with Crippen molar-refractivity contribution >= 4 is 23.2 Å². The molecule has 1 aromatic heterocycles. The Labute approximate surface area is 79.1 Å². The number of carbonyl (C=O) groups excluding carboxylic acids is 1. The lowest BCUT2D eigenvalue weighted by Gasteiger charge is -2.02. The predicted octanol–water partition coefficient (Wildman–Crippen LogP) is 0.690. The fourth-order valence-corrected chi connectivity index (χ4v) is 1.10. The highest BCUT2D eigenvalue weighted by Crippen LogP contribution is 2.12. The number of H-pyrrole nitrogens is 1. The first-order chi connectivity index (χ1) is 6.00. The zero-order valence-electron chi connectivity index (χ0n) is 7.14. The third kappa shape index (κ3) is 2.29. The molecule has 13 heavy (non-hydrogen) atoms. The molecule has 0 bridgehead atoms. The van der Waals surface area contributed by atoms with Crippen molar-refractivity contribution in [2.45, 2.75) is 13.8 Å². The Morgan fingerprint density at radius 1 is 1.62 bits per heavy atom. The Morgan fingerprint density at radius 3 is 2.69 bits per heavy atom. The second kappa shape index (κ2) is 3.57. The van der Waals surface area contributed by atoms with E-state index in [9.17, 15) is 9.59 Å². The van der Waals surface area contributed by atoms with Gasteiger partial charge in [0, 0.05) is 6.92 Å². The van der Waals surface area contributed by atoms with Crippen LogP contribution in [0.1, 0.15) is 12.7 Å². The highest BCUT2D eigenvalue weighted by molar-refractivity contribution is 6.32. The molecule has 2 N–H and O–H groups in total. The van der Waals surface area contributed by atoms with E-state index in [1.807, 2.05) is 0 Å². The Hall–Kier alpha value is -1.36. The molecule has 0 unspecified atom stereocenters. The van der Waals surface area contributed by atoms with Crippen LogP contribution in [0.2, 0.25) is 5.15 Å². The van der Waals surface area contributed by atoms with Crippen molar-refractivity contribution in [2.75, 3.05) is 5.32 Å². The van der Waals surface area contributed by atoms with E-state index >= 15 is 0 Å². The van der Waals surface area contributed by atoms with Gasteiger partial charge in [0.2, 0.25) is 5.91 Å². The van der Waals surface area contributed by atoms with Crippen LogP contribution in [0.5, 0.6) is 0 Å². The van der Waals surface area contributed by atoms with Crippen LogP contribution in [0.3, 0.4) is 0 Å². The predicted molar refractivity (Wildman–Crippen MR) is 48.9 cm³/mol. The largest absolute Gasteiger partial charge is 0.319 e. The fourth-order valence-electron chi connectivity index (χ4n) is 0.836. The molecule has 1 heterocycles. The molecule has 0 aromatic carbocycles. The van der Waals surface area contributed by atoms with Crippen LogP contribution in [0.15, 0.2) is 4.79 Å². The number of hydrogen-bond donors (Lipinski definition) is 2. The van der Waals surface area contributed by atoms with Gasteiger partial charge in [-0.05, 0) is 6.92 Å². The maximum atomic E-state index is 11.2. The van der Waals surface area contributed by atoms with Crippen molar-refractivity contribution in [1.82, 2.24) is 9.97 Å². The normalized spacial score (nSPS) is 9.77. The van der Waals surface area contributed by atoms with Gasteiger partial charge >= 0.3 is 0 Å². The second-order valence-corrected chi connectivity index (χ2v) is 2.86. The number of aromatic nitrogens is 2. The number of aromatic amines is 1. The van der Waals surface area contributed by atoms with E-state index in [0.717, 1.165) is 0 Å². The standard InChI is InChI=1S/C7H8ClN3O2/c1-3-9-6(8)5(7(13)10-3)11-4(2)12/h1-2H3,(H,11,12)(H,9,10,13). The summed E-state index contributed by atoms with van der Waals surface area (Å²) in [6, 6.07) is 0. The van der Waals surface area contributed by atoms with E-state index in [0.29, 0.717) is 5.82 Å². The lowest BCUT2D eigenvalue weighted by molar-refractivity contribution is -0.114. The minimum Gasteiger partial charge on any atom is -0.319 e. The summed E-state index contributed by atoms with van der Waals surface area (Å²) in [6.45, 7) is 2.89. The van der Waals surface area contributed by atoms with Gasteiger partial charge in [0.1, 0.15) is 11.5 Å². The molecule has 0 saturated carbocycles. The lowest BCUT2D eigenvalue weighted by atomic mass is 10.5. The van der Waals surface area contributed by atoms with Gasteiger partial charge in [-0.1, -0.05) is 11.6 Å². The fraction of sp³-hybridized carbons (Fsp3) is 0.286. The first-order valence-electron chi connectivity index (χ1n) is 3.54. The van der Waals surface area contributed by atoms with Gasteiger partial charge in [-0.3, -0.25) is 9.59 Å². The highest BCUT2D eigenvalue weighted by Gasteiger charge is 2.08. The van der Waals surface area contributed by atoms with Gasteiger partial charge < -0.3 is 10.3 Å². The average molecular weight is 202 g/mol. The quantitative estimate of drug-likeness (QED) is 0.657. The van der Waals surface area contributed by atoms with Gasteiger partial charge in [-0.15, -0.1) is 0 Å². The Balaban J connectivity index is 3.21. The van der Waals surface area contributed by atoms with Gasteiger partial charge in [-0.25, -0.2) is 4.98 Å². The maximum absolute atomic E-state index is 11.2. The number of rotatable bonds is 1. The van der Waals surface area contributed by atoms with Crippen molar-refractivity contribution in [3.05, 3.63) is 21.3 Å². The molecular formula is C7H8ClN3O2. The van der Waals surface area contributed by atoms with Gasteiger partial charge in [-0.2, -0.15) is 0 Å². The maximum Gasteiger partial charge on any atom is 0.276 e. The molecular weight excluding hydrogens is 194 g/mol. The van der Waals surface area contributed by atoms with E-state index in [1.165, 1.54) is 6.92 Å². The Bertz CT molecular complexity index is 399. The molecule has 0 radical (unpaired) electrons. The molecule has 1 amide bonds. The summed E-state index contributed by atoms with van der Waals surface area (Å²) in [6.07, 6.45) is 0. The lowest BCUT2D eigenvalue weighted by Crippen LogP contribution is -2.19. The van der Waals surface area contributed by atoms with E-state index in [4.69, 9.17) is 11.6 Å². The van der Waals surface area contributed by atoms with E-state index < -0.39 is 5.56 Å². The molecule has 1 rings (SSSR count). The number of anilines is 1. The molecule has 6 heteroatoms. The van der Waals surface area contributed by atoms with Crippen molar-refractivity contribution in [2.24, 2.45) is 0 Å². The molecule has 70 valence electrons. The van der Waals surface area contributed by atoms with Crippen LogP contribution in [-0.4, -0.2) is 15.9 Å². The molecule has 0 aliphatic rings. The molecule has 0 aliphatic heterocycles. The molecule has 0 fully saturated rings. The number of carbonyl (C=O) groups is 1. The van der Waals surface area contributed by atoms with Gasteiger partial charge in [0.25, 0.3) is 5.56 Å². The van der Waals surface area contributed by atoms with Crippen LogP contribution in [0.25, 0.3) is 0 Å². The summed E-state index contributed by atoms with van der Waals surface area (Å²) in [5.41, 5.74) is -0.465. The Kier molecular flexibility index (Phi) is 2.67. The first-order valence-corrected chi connectivity index (χ1v) is 3.92. The average Bonchev–Trinajstić information content (AvgIpc) is 1.96. The SMILES string of the molecule is CC(=O)Nc1c(Cl)nc(C)[nH]c1=O. The topological polar surface area (TPSA) is 74.8 Å². The molecule has 0 atom stereocenters. The van der Waals surface area contributed by atoms with Crippen LogP contribution in [0.4, 0.5) is 5.69 Å². The zero-order chi connectivity index (χ0) is 10.0. The van der Waals surface area contributed by atoms with Gasteiger partial charge in [0.15, 0.2) is 5.15 Å². The first kappa shape index (κ1) is 9.73. The second-order valence-electron chi connectivity index (χ2n) is 2.50. The summed E-state index contributed by atoms with van der Waals surface area (Å²) in [4.78, 5) is 28.1. The summed E-state index contributed by atoms with van der Waals surface area (Å²) in [7, 11) is 0. The number of amides is 1. The third-order valence-electron chi connectivity index (χ3n) is 1.29. The number of aryl methyl sites for hydroxylation is 1. The number of halogens is 1. The summed E-state index contributed by atoms with van der Waals surface area (Å²) >= 11 is 5.63. The summed E-state index contributed by atoms with van der Waals surface area (Å²) in [5, 5.41) is 2.29. The zero-order valence-corrected chi connectivity index (χ0v) is 7.90. The van der Waals surface area contributed by atoms with E-state index in [1.54, 1.807) is 6.92 Å². The molecule has 0 spiro atoms. The minimum atomic E-state index is -0.451. The monoisotopic (exact) mass is 201 g/mol. The third-order valence-corrected chi connectivity index (χ3v) is 1.57.